The van der Waals surface area contributed by atoms with Crippen LogP contribution in [0.3, 0.4) is 0 Å². The van der Waals surface area contributed by atoms with Gasteiger partial charge < -0.3 is 19.4 Å². The first-order valence-corrected chi connectivity index (χ1v) is 9.17. The molecule has 2 aromatic carbocycles. The van der Waals surface area contributed by atoms with E-state index in [9.17, 15) is 14.7 Å². The number of hydrogen-bond donors (Lipinski definition) is 2. The molecule has 6 nitrogen and oxygen atoms in total. The lowest BCUT2D eigenvalue weighted by atomic mass is 9.82. The number of phenolic OH excluding ortho intramolecular Hbond substituents is 1. The second kappa shape index (κ2) is 6.87. The van der Waals surface area contributed by atoms with Gasteiger partial charge in [-0.05, 0) is 49.6 Å². The molecule has 4 rings (SSSR count). The van der Waals surface area contributed by atoms with E-state index in [0.29, 0.717) is 24.2 Å². The van der Waals surface area contributed by atoms with Gasteiger partial charge >= 0.3 is 5.97 Å². The van der Waals surface area contributed by atoms with Gasteiger partial charge in [0, 0.05) is 6.07 Å². The molecule has 7 heteroatoms. The van der Waals surface area contributed by atoms with E-state index < -0.39 is 17.3 Å². The Morgan fingerprint density at radius 2 is 1.96 bits per heavy atom. The molecule has 28 heavy (non-hydrogen) atoms. The number of rotatable bonds is 4. The van der Waals surface area contributed by atoms with Crippen LogP contribution in [0.5, 0.6) is 11.5 Å². The molecule has 0 saturated heterocycles. The molecule has 1 fully saturated rings. The highest BCUT2D eigenvalue weighted by Crippen LogP contribution is 2.38. The first-order valence-electron chi connectivity index (χ1n) is 8.79. The first kappa shape index (κ1) is 18.4. The minimum Gasteiger partial charge on any atom is -0.507 e. The van der Waals surface area contributed by atoms with Gasteiger partial charge in [0.25, 0.3) is 0 Å². The number of carboxylic acids is 1. The zero-order chi connectivity index (χ0) is 20.0. The molecule has 0 spiro atoms. The Hall–Kier alpha value is -2.99. The summed E-state index contributed by atoms with van der Waals surface area (Å²) in [7, 11) is 0. The third-order valence-corrected chi connectivity index (χ3v) is 5.25. The van der Waals surface area contributed by atoms with Crippen LogP contribution in [0, 0.1) is 12.8 Å². The molecule has 0 atom stereocenters. The zero-order valence-corrected chi connectivity index (χ0v) is 15.7. The number of carbonyl (C=O) groups is 1. The van der Waals surface area contributed by atoms with Crippen LogP contribution in [0.1, 0.15) is 18.4 Å². The number of benzene rings is 2. The Morgan fingerprint density at radius 3 is 2.68 bits per heavy atom. The van der Waals surface area contributed by atoms with E-state index in [2.05, 4.69) is 0 Å². The van der Waals surface area contributed by atoms with Crippen molar-refractivity contribution in [3.8, 4) is 22.8 Å². The van der Waals surface area contributed by atoms with Gasteiger partial charge in [-0.1, -0.05) is 17.7 Å². The Kier molecular flexibility index (Phi) is 4.51. The largest absolute Gasteiger partial charge is 0.507 e. The van der Waals surface area contributed by atoms with Gasteiger partial charge in [0.15, 0.2) is 11.0 Å². The number of aryl methyl sites for hydroxylation is 1. The van der Waals surface area contributed by atoms with Crippen molar-refractivity contribution in [2.75, 3.05) is 0 Å². The van der Waals surface area contributed by atoms with Crippen molar-refractivity contribution in [3.05, 3.63) is 57.2 Å². The van der Waals surface area contributed by atoms with Crippen molar-refractivity contribution in [1.29, 1.82) is 0 Å². The van der Waals surface area contributed by atoms with Crippen LogP contribution < -0.4 is 10.2 Å². The second-order valence-corrected chi connectivity index (χ2v) is 7.40. The Labute approximate surface area is 164 Å². The molecule has 0 radical (unpaired) electrons. The average molecular weight is 401 g/mol. The van der Waals surface area contributed by atoms with Crippen molar-refractivity contribution >= 4 is 28.5 Å². The van der Waals surface area contributed by atoms with Crippen molar-refractivity contribution < 1.29 is 24.2 Å². The van der Waals surface area contributed by atoms with Crippen LogP contribution in [-0.2, 0) is 4.79 Å². The fourth-order valence-electron chi connectivity index (χ4n) is 3.32. The Bertz CT molecular complexity index is 1140. The highest BCUT2D eigenvalue weighted by Gasteiger charge is 2.36. The van der Waals surface area contributed by atoms with Gasteiger partial charge in [0.1, 0.15) is 28.7 Å². The highest BCUT2D eigenvalue weighted by atomic mass is 35.5. The van der Waals surface area contributed by atoms with Gasteiger partial charge in [0.05, 0.1) is 16.5 Å². The number of halogens is 1. The number of ether oxygens (including phenoxy) is 1. The maximum absolute atomic E-state index is 12.5. The molecular formula is C21H17ClO6. The summed E-state index contributed by atoms with van der Waals surface area (Å²) in [5, 5.41) is 19.2. The first-order chi connectivity index (χ1) is 13.3. The molecule has 144 valence electrons. The maximum Gasteiger partial charge on any atom is 0.306 e. The third-order valence-electron chi connectivity index (χ3n) is 4.95. The van der Waals surface area contributed by atoms with Crippen LogP contribution >= 0.6 is 11.6 Å². The fraction of sp³-hybridized carbons (Fsp3) is 0.238. The molecule has 1 aromatic heterocycles. The summed E-state index contributed by atoms with van der Waals surface area (Å²) in [6.07, 6.45) is 0.662. The third kappa shape index (κ3) is 3.20. The van der Waals surface area contributed by atoms with Gasteiger partial charge in [-0.15, -0.1) is 0 Å². The topological polar surface area (TPSA) is 97.0 Å². The van der Waals surface area contributed by atoms with E-state index in [-0.39, 0.29) is 33.6 Å². The van der Waals surface area contributed by atoms with Gasteiger partial charge in [-0.25, -0.2) is 0 Å². The quantitative estimate of drug-likeness (QED) is 0.675. The van der Waals surface area contributed by atoms with E-state index in [1.54, 1.807) is 6.07 Å². The van der Waals surface area contributed by atoms with E-state index in [1.807, 2.05) is 19.1 Å². The number of carboxylic acid groups (broad SMARTS) is 1. The summed E-state index contributed by atoms with van der Waals surface area (Å²) in [6.45, 7) is 1.91. The molecule has 0 bridgehead atoms. The number of fused-ring (bicyclic) bond motifs is 1. The molecule has 1 aliphatic rings. The minimum absolute atomic E-state index is 0.0223. The monoisotopic (exact) mass is 400 g/mol. The van der Waals surface area contributed by atoms with Crippen LogP contribution in [0.4, 0.5) is 0 Å². The van der Waals surface area contributed by atoms with E-state index >= 15 is 0 Å². The van der Waals surface area contributed by atoms with Crippen LogP contribution in [0.15, 0.2) is 45.6 Å². The molecule has 0 amide bonds. The summed E-state index contributed by atoms with van der Waals surface area (Å²) in [6, 6.07) is 9.54. The van der Waals surface area contributed by atoms with Crippen molar-refractivity contribution in [2.24, 2.45) is 5.92 Å². The number of aromatic hydroxyl groups is 1. The smallest absolute Gasteiger partial charge is 0.306 e. The normalized spacial score (nSPS) is 18.6. The SMILES string of the molecule is Cc1ccc(-c2cc(=O)c3c(O)ccc(Cl)c3o2)c(O[C@H]2C[C@H](C(=O)O)C2)c1. The molecule has 1 aliphatic carbocycles. The van der Waals surface area contributed by atoms with Gasteiger partial charge in [-0.2, -0.15) is 0 Å². The number of hydrogen-bond acceptors (Lipinski definition) is 5. The molecule has 1 saturated carbocycles. The summed E-state index contributed by atoms with van der Waals surface area (Å²) < 4.78 is 11.8. The molecule has 1 heterocycles. The van der Waals surface area contributed by atoms with Crippen molar-refractivity contribution in [1.82, 2.24) is 0 Å². The molecule has 0 unspecified atom stereocenters. The van der Waals surface area contributed by atoms with E-state index in [1.165, 1.54) is 18.2 Å². The predicted molar refractivity (Wildman–Crippen MR) is 104 cm³/mol. The summed E-state index contributed by atoms with van der Waals surface area (Å²) in [5.41, 5.74) is 1.19. The van der Waals surface area contributed by atoms with Crippen LogP contribution in [0.2, 0.25) is 5.02 Å². The number of aliphatic carboxylic acids is 1. The fourth-order valence-corrected chi connectivity index (χ4v) is 3.52. The summed E-state index contributed by atoms with van der Waals surface area (Å²) in [5.74, 6) is -0.645. The summed E-state index contributed by atoms with van der Waals surface area (Å²) >= 11 is 6.16. The standard InChI is InChI=1S/C21H17ClO6/c1-10-2-3-13(17(6-10)27-12-7-11(8-12)21(25)26)18-9-16(24)19-15(23)5-4-14(22)20(19)28-18/h2-6,9,11-12,23H,7-8H2,1H3,(H,25,26)/t11-,12-. The molecule has 2 N–H and O–H groups in total. The zero-order valence-electron chi connectivity index (χ0n) is 14.9. The van der Waals surface area contributed by atoms with Crippen molar-refractivity contribution in [3.63, 3.8) is 0 Å². The molecular weight excluding hydrogens is 384 g/mol. The Balaban J connectivity index is 1.77. The molecule has 0 aliphatic heterocycles. The summed E-state index contributed by atoms with van der Waals surface area (Å²) in [4.78, 5) is 23.6. The second-order valence-electron chi connectivity index (χ2n) is 6.99. The lowest BCUT2D eigenvalue weighted by molar-refractivity contribution is -0.147. The van der Waals surface area contributed by atoms with Crippen LogP contribution in [-0.4, -0.2) is 22.3 Å². The van der Waals surface area contributed by atoms with Gasteiger partial charge in [-0.3, -0.25) is 9.59 Å². The van der Waals surface area contributed by atoms with Crippen molar-refractivity contribution in [2.45, 2.75) is 25.9 Å². The van der Waals surface area contributed by atoms with Gasteiger partial charge in [0.2, 0.25) is 0 Å². The number of phenols is 1. The lowest BCUT2D eigenvalue weighted by Gasteiger charge is -2.33. The average Bonchev–Trinajstić information content (AvgIpc) is 2.60. The van der Waals surface area contributed by atoms with Crippen LogP contribution in [0.25, 0.3) is 22.3 Å². The maximum atomic E-state index is 12.5. The lowest BCUT2D eigenvalue weighted by Crippen LogP contribution is -2.38. The predicted octanol–water partition coefficient (Wildman–Crippen LogP) is 4.37. The minimum atomic E-state index is -0.820. The molecule has 3 aromatic rings. The highest BCUT2D eigenvalue weighted by molar-refractivity contribution is 6.35. The Morgan fingerprint density at radius 1 is 1.21 bits per heavy atom. The van der Waals surface area contributed by atoms with E-state index in [4.69, 9.17) is 25.9 Å². The van der Waals surface area contributed by atoms with E-state index in [0.717, 1.165) is 5.56 Å².